The second kappa shape index (κ2) is 8.27. The van der Waals surface area contributed by atoms with Gasteiger partial charge in [-0.25, -0.2) is 0 Å². The van der Waals surface area contributed by atoms with E-state index in [0.717, 1.165) is 25.2 Å². The number of likely N-dealkylation sites (tertiary alicyclic amines) is 2. The molecule has 0 unspecified atom stereocenters. The molecule has 1 aromatic heterocycles. The fourth-order valence-corrected chi connectivity index (χ4v) is 4.55. The molecule has 2 atom stereocenters. The van der Waals surface area contributed by atoms with E-state index >= 15 is 0 Å². The number of carbonyl (C=O) groups is 1. The Morgan fingerprint density at radius 2 is 1.91 bits per heavy atom. The lowest BCUT2D eigenvalue weighted by Gasteiger charge is -2.26. The molecule has 0 aliphatic carbocycles. The van der Waals surface area contributed by atoms with Gasteiger partial charge < -0.3 is 14.9 Å². The van der Waals surface area contributed by atoms with E-state index in [0.29, 0.717) is 12.3 Å². The van der Waals surface area contributed by atoms with Crippen molar-refractivity contribution in [2.45, 2.75) is 32.1 Å². The van der Waals surface area contributed by atoms with Crippen LogP contribution in [0.1, 0.15) is 31.2 Å². The van der Waals surface area contributed by atoms with Gasteiger partial charge in [0.25, 0.3) is 0 Å². The van der Waals surface area contributed by atoms with Crippen molar-refractivity contribution in [2.24, 2.45) is 11.8 Å². The van der Waals surface area contributed by atoms with Gasteiger partial charge in [-0.05, 0) is 54.2 Å². The van der Waals surface area contributed by atoms with Crippen molar-refractivity contribution in [3.8, 4) is 0 Å². The van der Waals surface area contributed by atoms with E-state index in [1.807, 2.05) is 21.7 Å². The third-order valence-electron chi connectivity index (χ3n) is 5.29. The largest absolute Gasteiger partial charge is 0.396 e. The van der Waals surface area contributed by atoms with Crippen LogP contribution in [0.3, 0.4) is 0 Å². The molecule has 3 heterocycles. The normalized spacial score (nSPS) is 26.4. The molecule has 3 rings (SSSR count). The summed E-state index contributed by atoms with van der Waals surface area (Å²) in [4.78, 5) is 17.0. The summed E-state index contributed by atoms with van der Waals surface area (Å²) >= 11 is 1.64. The Morgan fingerprint density at radius 1 is 1.17 bits per heavy atom. The molecule has 0 radical (unpaired) electrons. The van der Waals surface area contributed by atoms with Gasteiger partial charge in [-0.15, -0.1) is 0 Å². The molecule has 2 fully saturated rings. The Balaban J connectivity index is 1.55. The van der Waals surface area contributed by atoms with Gasteiger partial charge in [0.05, 0.1) is 6.42 Å². The molecule has 5 heteroatoms. The molecule has 2 saturated heterocycles. The summed E-state index contributed by atoms with van der Waals surface area (Å²) in [6.45, 7) is 5.12. The predicted octanol–water partition coefficient (Wildman–Crippen LogP) is 2.23. The number of amides is 1. The highest BCUT2D eigenvalue weighted by Crippen LogP contribution is 2.26. The number of nitrogens with zero attached hydrogens (tertiary/aromatic N) is 2. The lowest BCUT2D eigenvalue weighted by atomic mass is 9.96. The molecule has 1 N–H and O–H groups in total. The number of rotatable bonds is 5. The maximum Gasteiger partial charge on any atom is 0.227 e. The van der Waals surface area contributed by atoms with Gasteiger partial charge in [0.15, 0.2) is 0 Å². The molecule has 2 aliphatic heterocycles. The first-order valence-electron chi connectivity index (χ1n) is 8.88. The van der Waals surface area contributed by atoms with Gasteiger partial charge in [-0.1, -0.05) is 12.8 Å². The third kappa shape index (κ3) is 4.55. The molecule has 4 nitrogen and oxygen atoms in total. The highest BCUT2D eigenvalue weighted by atomic mass is 32.1. The number of hydrogen-bond acceptors (Lipinski definition) is 4. The average molecular weight is 337 g/mol. The van der Waals surface area contributed by atoms with Gasteiger partial charge in [0.1, 0.15) is 0 Å². The molecule has 0 aromatic carbocycles. The van der Waals surface area contributed by atoms with Crippen LogP contribution in [-0.2, 0) is 11.2 Å². The highest BCUT2D eigenvalue weighted by molar-refractivity contribution is 7.07. The quantitative estimate of drug-likeness (QED) is 0.897. The number of thiophene rings is 1. The molecule has 128 valence electrons. The monoisotopic (exact) mass is 336 g/mol. The molecule has 0 saturated carbocycles. The van der Waals surface area contributed by atoms with Crippen molar-refractivity contribution in [3.05, 3.63) is 22.4 Å². The van der Waals surface area contributed by atoms with E-state index in [1.165, 1.54) is 38.8 Å². The van der Waals surface area contributed by atoms with Crippen LogP contribution in [0.2, 0.25) is 0 Å². The fourth-order valence-electron chi connectivity index (χ4n) is 3.89. The summed E-state index contributed by atoms with van der Waals surface area (Å²) in [6, 6.07) is 2.02. The van der Waals surface area contributed by atoms with Crippen LogP contribution in [0.15, 0.2) is 16.8 Å². The van der Waals surface area contributed by atoms with Crippen LogP contribution in [-0.4, -0.2) is 60.1 Å². The van der Waals surface area contributed by atoms with E-state index in [9.17, 15) is 9.90 Å². The van der Waals surface area contributed by atoms with E-state index < -0.39 is 0 Å². The van der Waals surface area contributed by atoms with Crippen molar-refractivity contribution in [3.63, 3.8) is 0 Å². The third-order valence-corrected chi connectivity index (χ3v) is 6.02. The number of hydrogen-bond donors (Lipinski definition) is 1. The second-order valence-corrected chi connectivity index (χ2v) is 7.80. The zero-order valence-corrected chi connectivity index (χ0v) is 14.6. The highest BCUT2D eigenvalue weighted by Gasteiger charge is 2.35. The van der Waals surface area contributed by atoms with Crippen LogP contribution in [0.4, 0.5) is 0 Å². The Morgan fingerprint density at radius 3 is 2.57 bits per heavy atom. The summed E-state index contributed by atoms with van der Waals surface area (Å²) in [6.07, 6.45) is 5.76. The molecule has 23 heavy (non-hydrogen) atoms. The fraction of sp³-hybridized carbons (Fsp3) is 0.722. The molecule has 2 aliphatic rings. The summed E-state index contributed by atoms with van der Waals surface area (Å²) in [5.74, 6) is 0.870. The molecular formula is C18H28N2O2S. The Hall–Kier alpha value is -0.910. The first-order valence-corrected chi connectivity index (χ1v) is 9.82. The number of carbonyl (C=O) groups excluding carboxylic acids is 1. The van der Waals surface area contributed by atoms with Crippen LogP contribution in [0.5, 0.6) is 0 Å². The van der Waals surface area contributed by atoms with E-state index in [-0.39, 0.29) is 18.4 Å². The van der Waals surface area contributed by atoms with Gasteiger partial charge >= 0.3 is 0 Å². The minimum Gasteiger partial charge on any atom is -0.396 e. The van der Waals surface area contributed by atoms with Crippen molar-refractivity contribution < 1.29 is 9.90 Å². The minimum atomic E-state index is 0.195. The van der Waals surface area contributed by atoms with Crippen molar-refractivity contribution in [2.75, 3.05) is 39.3 Å². The Bertz CT molecular complexity index is 483. The van der Waals surface area contributed by atoms with Crippen molar-refractivity contribution in [1.29, 1.82) is 0 Å². The van der Waals surface area contributed by atoms with E-state index in [4.69, 9.17) is 0 Å². The predicted molar refractivity (Wildman–Crippen MR) is 93.6 cm³/mol. The lowest BCUT2D eigenvalue weighted by molar-refractivity contribution is -0.129. The topological polar surface area (TPSA) is 43.8 Å². The average Bonchev–Trinajstić information content (AvgIpc) is 3.12. The van der Waals surface area contributed by atoms with E-state index in [1.54, 1.807) is 11.3 Å². The summed E-state index contributed by atoms with van der Waals surface area (Å²) < 4.78 is 0. The van der Waals surface area contributed by atoms with Crippen LogP contribution in [0, 0.1) is 11.8 Å². The van der Waals surface area contributed by atoms with Crippen molar-refractivity contribution >= 4 is 17.2 Å². The van der Waals surface area contributed by atoms with Gasteiger partial charge in [0, 0.05) is 32.2 Å². The summed E-state index contributed by atoms with van der Waals surface area (Å²) in [7, 11) is 0. The van der Waals surface area contributed by atoms with Crippen LogP contribution >= 0.6 is 11.3 Å². The second-order valence-electron chi connectivity index (χ2n) is 7.02. The zero-order valence-electron chi connectivity index (χ0n) is 13.8. The maximum absolute atomic E-state index is 12.5. The SMILES string of the molecule is O=C(Cc1ccsc1)N1C[C@@H](CN2CCCCCC2)[C@@H](CO)C1. The van der Waals surface area contributed by atoms with Gasteiger partial charge in [-0.2, -0.15) is 11.3 Å². The molecular weight excluding hydrogens is 308 g/mol. The number of aliphatic hydroxyl groups is 1. The van der Waals surface area contributed by atoms with E-state index in [2.05, 4.69) is 4.90 Å². The smallest absolute Gasteiger partial charge is 0.227 e. The Labute approximate surface area is 143 Å². The standard InChI is InChI=1S/C18H28N2O2S/c21-13-17-12-20(18(22)9-15-5-8-23-14-15)11-16(17)10-19-6-3-1-2-4-7-19/h5,8,14,16-17,21H,1-4,6-7,9-13H2/t16-,17-/m1/s1. The van der Waals surface area contributed by atoms with Crippen molar-refractivity contribution in [1.82, 2.24) is 9.80 Å². The number of aliphatic hydroxyl groups excluding tert-OH is 1. The van der Waals surface area contributed by atoms with Gasteiger partial charge in [0.2, 0.25) is 5.91 Å². The molecule has 0 spiro atoms. The lowest BCUT2D eigenvalue weighted by Crippen LogP contribution is -2.35. The summed E-state index contributed by atoms with van der Waals surface area (Å²) in [5.41, 5.74) is 1.11. The molecule has 0 bridgehead atoms. The first kappa shape index (κ1) is 16.9. The minimum absolute atomic E-state index is 0.195. The Kier molecular flexibility index (Phi) is 6.08. The molecule has 1 aromatic rings. The summed E-state index contributed by atoms with van der Waals surface area (Å²) in [5, 5.41) is 13.8. The van der Waals surface area contributed by atoms with Crippen LogP contribution in [0.25, 0.3) is 0 Å². The van der Waals surface area contributed by atoms with Gasteiger partial charge in [-0.3, -0.25) is 4.79 Å². The maximum atomic E-state index is 12.5. The zero-order chi connectivity index (χ0) is 16.1. The van der Waals surface area contributed by atoms with Crippen LogP contribution < -0.4 is 0 Å². The first-order chi connectivity index (χ1) is 11.3. The molecule has 1 amide bonds.